The molecule has 1 aliphatic rings. The Balaban J connectivity index is 2.13. The maximum atomic E-state index is 12.1. The van der Waals surface area contributed by atoms with E-state index in [0.717, 1.165) is 6.92 Å². The molecule has 0 unspecified atom stereocenters. The van der Waals surface area contributed by atoms with Crippen LogP contribution >= 0.6 is 0 Å². The molecule has 0 atom stereocenters. The van der Waals surface area contributed by atoms with Crippen LogP contribution in [0.15, 0.2) is 41.2 Å². The zero-order valence-corrected chi connectivity index (χ0v) is 11.0. The number of fused-ring (bicyclic) bond motifs is 1. The van der Waals surface area contributed by atoms with Gasteiger partial charge < -0.3 is 4.98 Å². The highest BCUT2D eigenvalue weighted by molar-refractivity contribution is 6.28. The Hall–Kier alpha value is -3.02. The van der Waals surface area contributed by atoms with E-state index in [1.807, 2.05) is 0 Å². The van der Waals surface area contributed by atoms with Crippen molar-refractivity contribution in [3.8, 4) is 11.3 Å². The summed E-state index contributed by atoms with van der Waals surface area (Å²) in [5, 5.41) is 0. The van der Waals surface area contributed by atoms with Gasteiger partial charge in [-0.2, -0.15) is 0 Å². The summed E-state index contributed by atoms with van der Waals surface area (Å²) in [4.78, 5) is 50.0. The number of H-pyrrole nitrogens is 1. The first-order chi connectivity index (χ1) is 9.99. The van der Waals surface area contributed by atoms with Gasteiger partial charge in [0.05, 0.1) is 11.1 Å². The number of aromatic amines is 1. The number of imide groups is 3. The number of aromatic nitrogens is 1. The van der Waals surface area contributed by atoms with E-state index in [9.17, 15) is 19.2 Å². The maximum Gasteiger partial charge on any atom is 0.268 e. The molecule has 104 valence electrons. The number of nitrogens with one attached hydrogen (secondary N) is 1. The molecule has 0 spiro atoms. The van der Waals surface area contributed by atoms with Crippen LogP contribution in [0.1, 0.15) is 27.6 Å². The molecule has 21 heavy (non-hydrogen) atoms. The van der Waals surface area contributed by atoms with E-state index in [1.54, 1.807) is 18.2 Å². The standard InChI is InChI=1S/C15H10N2O4/c1-8(18)17-14(20)10-6-5-9(7-11(10)15(17)21)12-3-2-4-13(19)16-12/h2-7H,1H3,(H,16,19). The summed E-state index contributed by atoms with van der Waals surface area (Å²) in [6, 6.07) is 9.27. The van der Waals surface area contributed by atoms with E-state index in [1.165, 1.54) is 18.2 Å². The smallest absolute Gasteiger partial charge is 0.268 e. The van der Waals surface area contributed by atoms with Gasteiger partial charge in [0.1, 0.15) is 0 Å². The second-order valence-electron chi connectivity index (χ2n) is 4.65. The summed E-state index contributed by atoms with van der Waals surface area (Å²) < 4.78 is 0. The lowest BCUT2D eigenvalue weighted by atomic mass is 10.0. The molecule has 6 nitrogen and oxygen atoms in total. The second-order valence-corrected chi connectivity index (χ2v) is 4.65. The van der Waals surface area contributed by atoms with Crippen LogP contribution in [-0.2, 0) is 4.79 Å². The molecule has 0 radical (unpaired) electrons. The average molecular weight is 282 g/mol. The largest absolute Gasteiger partial charge is 0.322 e. The summed E-state index contributed by atoms with van der Waals surface area (Å²) in [7, 11) is 0. The number of hydrogen-bond donors (Lipinski definition) is 1. The highest BCUT2D eigenvalue weighted by Gasteiger charge is 2.38. The Kier molecular flexibility index (Phi) is 2.79. The van der Waals surface area contributed by atoms with Crippen molar-refractivity contribution in [3.05, 3.63) is 57.9 Å². The number of rotatable bonds is 1. The first kappa shape index (κ1) is 13.0. The molecule has 0 fully saturated rings. The van der Waals surface area contributed by atoms with Crippen LogP contribution in [0, 0.1) is 0 Å². The van der Waals surface area contributed by atoms with Crippen molar-refractivity contribution in [2.45, 2.75) is 6.92 Å². The zero-order valence-electron chi connectivity index (χ0n) is 11.0. The van der Waals surface area contributed by atoms with E-state index >= 15 is 0 Å². The van der Waals surface area contributed by atoms with Crippen LogP contribution < -0.4 is 5.56 Å². The minimum absolute atomic E-state index is 0.164. The SMILES string of the molecule is CC(=O)N1C(=O)c2ccc(-c3cccc(=O)[nH]3)cc2C1=O. The molecule has 1 aliphatic heterocycles. The molecule has 2 aromatic rings. The van der Waals surface area contributed by atoms with Gasteiger partial charge in [-0.1, -0.05) is 12.1 Å². The summed E-state index contributed by atoms with van der Waals surface area (Å²) in [6.07, 6.45) is 0. The van der Waals surface area contributed by atoms with E-state index < -0.39 is 17.7 Å². The van der Waals surface area contributed by atoms with E-state index in [2.05, 4.69) is 4.98 Å². The molecular formula is C15H10N2O4. The van der Waals surface area contributed by atoms with Gasteiger partial charge in [0, 0.05) is 18.7 Å². The predicted octanol–water partition coefficient (Wildman–Crippen LogP) is 1.18. The Bertz CT molecular complexity index is 851. The van der Waals surface area contributed by atoms with Crippen molar-refractivity contribution in [1.82, 2.24) is 9.88 Å². The van der Waals surface area contributed by atoms with Crippen molar-refractivity contribution < 1.29 is 14.4 Å². The van der Waals surface area contributed by atoms with E-state index in [0.29, 0.717) is 16.2 Å². The Labute approximate surface area is 119 Å². The normalized spacial score (nSPS) is 13.5. The molecule has 0 aliphatic carbocycles. The summed E-state index contributed by atoms with van der Waals surface area (Å²) in [5.41, 5.74) is 1.22. The van der Waals surface area contributed by atoms with Crippen LogP contribution in [0.2, 0.25) is 0 Å². The molecule has 1 aromatic heterocycles. The highest BCUT2D eigenvalue weighted by Crippen LogP contribution is 2.27. The monoisotopic (exact) mass is 282 g/mol. The first-order valence-corrected chi connectivity index (χ1v) is 6.22. The van der Waals surface area contributed by atoms with Crippen LogP contribution in [0.25, 0.3) is 11.3 Å². The van der Waals surface area contributed by atoms with Gasteiger partial charge in [-0.25, -0.2) is 4.90 Å². The number of hydrogen-bond acceptors (Lipinski definition) is 4. The minimum Gasteiger partial charge on any atom is -0.322 e. The van der Waals surface area contributed by atoms with Crippen molar-refractivity contribution in [2.75, 3.05) is 0 Å². The molecule has 3 rings (SSSR count). The molecule has 0 bridgehead atoms. The second kappa shape index (κ2) is 4.52. The first-order valence-electron chi connectivity index (χ1n) is 6.22. The molecule has 1 N–H and O–H groups in total. The van der Waals surface area contributed by atoms with Gasteiger partial charge in [0.25, 0.3) is 11.8 Å². The molecule has 0 saturated carbocycles. The van der Waals surface area contributed by atoms with Crippen molar-refractivity contribution >= 4 is 17.7 Å². The van der Waals surface area contributed by atoms with Gasteiger partial charge in [-0.15, -0.1) is 0 Å². The molecule has 3 amide bonds. The lowest BCUT2D eigenvalue weighted by molar-refractivity contribution is -0.124. The molecule has 6 heteroatoms. The van der Waals surface area contributed by atoms with Gasteiger partial charge in [0.15, 0.2) is 0 Å². The molecule has 0 saturated heterocycles. The quantitative estimate of drug-likeness (QED) is 0.796. The maximum absolute atomic E-state index is 12.1. The van der Waals surface area contributed by atoms with Crippen molar-refractivity contribution in [1.29, 1.82) is 0 Å². The fourth-order valence-corrected chi connectivity index (χ4v) is 2.31. The van der Waals surface area contributed by atoms with Crippen LogP contribution in [0.4, 0.5) is 0 Å². The number of pyridine rings is 1. The van der Waals surface area contributed by atoms with Crippen LogP contribution in [0.5, 0.6) is 0 Å². The topological polar surface area (TPSA) is 87.3 Å². The molecule has 1 aromatic carbocycles. The molecule has 2 heterocycles. The average Bonchev–Trinajstić information content (AvgIpc) is 2.70. The number of nitrogens with zero attached hydrogens (tertiary/aromatic N) is 1. The van der Waals surface area contributed by atoms with Crippen LogP contribution in [0.3, 0.4) is 0 Å². The van der Waals surface area contributed by atoms with E-state index in [4.69, 9.17) is 0 Å². The summed E-state index contributed by atoms with van der Waals surface area (Å²) in [5.74, 6) is -1.87. The zero-order chi connectivity index (χ0) is 15.1. The third-order valence-corrected chi connectivity index (χ3v) is 3.28. The van der Waals surface area contributed by atoms with Crippen molar-refractivity contribution in [2.24, 2.45) is 0 Å². The van der Waals surface area contributed by atoms with Gasteiger partial charge in [0.2, 0.25) is 11.5 Å². The Morgan fingerprint density at radius 1 is 1.00 bits per heavy atom. The van der Waals surface area contributed by atoms with Gasteiger partial charge in [-0.3, -0.25) is 19.2 Å². The number of carbonyl (C=O) groups excluding carboxylic acids is 3. The van der Waals surface area contributed by atoms with Gasteiger partial charge >= 0.3 is 0 Å². The third kappa shape index (κ3) is 1.97. The predicted molar refractivity (Wildman–Crippen MR) is 73.7 cm³/mol. The highest BCUT2D eigenvalue weighted by atomic mass is 16.2. The Morgan fingerprint density at radius 2 is 1.71 bits per heavy atom. The number of amides is 3. The van der Waals surface area contributed by atoms with E-state index in [-0.39, 0.29) is 16.7 Å². The fraction of sp³-hybridized carbons (Fsp3) is 0.0667. The number of benzene rings is 1. The molecular weight excluding hydrogens is 272 g/mol. The third-order valence-electron chi connectivity index (χ3n) is 3.28. The number of carbonyl (C=O) groups is 3. The summed E-state index contributed by atoms with van der Waals surface area (Å²) >= 11 is 0. The lowest BCUT2D eigenvalue weighted by Gasteiger charge is -2.06. The van der Waals surface area contributed by atoms with Crippen molar-refractivity contribution in [3.63, 3.8) is 0 Å². The van der Waals surface area contributed by atoms with Crippen LogP contribution in [-0.4, -0.2) is 27.6 Å². The van der Waals surface area contributed by atoms with Gasteiger partial charge in [-0.05, 0) is 23.8 Å². The fourth-order valence-electron chi connectivity index (χ4n) is 2.31. The lowest BCUT2D eigenvalue weighted by Crippen LogP contribution is -2.33. The minimum atomic E-state index is -0.636. The summed E-state index contributed by atoms with van der Waals surface area (Å²) in [6.45, 7) is 1.16. The Morgan fingerprint density at radius 3 is 2.38 bits per heavy atom.